The van der Waals surface area contributed by atoms with Crippen LogP contribution >= 0.6 is 0 Å². The molecule has 0 aromatic heterocycles. The van der Waals surface area contributed by atoms with Gasteiger partial charge in [-0.15, -0.1) is 0 Å². The summed E-state index contributed by atoms with van der Waals surface area (Å²) < 4.78 is 17.2. The summed E-state index contributed by atoms with van der Waals surface area (Å²) in [4.78, 5) is 5.85. The zero-order valence-electron chi connectivity index (χ0n) is 19.1. The first-order chi connectivity index (χ1) is 16.2. The minimum atomic E-state index is -0.173. The van der Waals surface area contributed by atoms with Crippen LogP contribution in [0.3, 0.4) is 0 Å². The van der Waals surface area contributed by atoms with Crippen molar-refractivity contribution in [1.29, 1.82) is 0 Å². The number of hydrogen-bond acceptors (Lipinski definition) is 5. The summed E-state index contributed by atoms with van der Waals surface area (Å²) in [5.41, 5.74) is 3.25. The summed E-state index contributed by atoms with van der Waals surface area (Å²) in [6.07, 6.45) is 4.29. The minimum Gasteiger partial charge on any atom is -0.496 e. The average molecular weight is 444 g/mol. The van der Waals surface area contributed by atoms with Crippen LogP contribution in [-0.2, 0) is 15.0 Å². The van der Waals surface area contributed by atoms with Crippen molar-refractivity contribution in [3.63, 3.8) is 0 Å². The summed E-state index contributed by atoms with van der Waals surface area (Å²) in [6, 6.07) is 27.2. The minimum absolute atomic E-state index is 0.0224. The third-order valence-corrected chi connectivity index (χ3v) is 6.93. The van der Waals surface area contributed by atoms with Gasteiger partial charge in [0.15, 0.2) is 6.10 Å². The van der Waals surface area contributed by atoms with Gasteiger partial charge in [0.25, 0.3) is 0 Å². The van der Waals surface area contributed by atoms with Crippen LogP contribution in [0.4, 0.5) is 0 Å². The summed E-state index contributed by atoms with van der Waals surface area (Å²) in [5.74, 6) is 1.38. The molecule has 2 fully saturated rings. The first-order valence-corrected chi connectivity index (χ1v) is 11.3. The Morgan fingerprint density at radius 2 is 1.39 bits per heavy atom. The van der Waals surface area contributed by atoms with E-state index in [4.69, 9.17) is 19.0 Å². The second kappa shape index (κ2) is 8.91. The lowest BCUT2D eigenvalue weighted by Crippen LogP contribution is -2.55. The van der Waals surface area contributed by atoms with E-state index in [0.717, 1.165) is 24.8 Å². The van der Waals surface area contributed by atoms with E-state index in [1.54, 1.807) is 20.4 Å². The van der Waals surface area contributed by atoms with Gasteiger partial charge in [-0.05, 0) is 36.1 Å². The van der Waals surface area contributed by atoms with E-state index in [9.17, 15) is 0 Å². The molecule has 1 aliphatic carbocycles. The van der Waals surface area contributed by atoms with E-state index in [2.05, 4.69) is 65.8 Å². The molecule has 1 saturated carbocycles. The molecule has 5 nitrogen and oxygen atoms in total. The van der Waals surface area contributed by atoms with Gasteiger partial charge in [-0.25, -0.2) is 0 Å². The first kappa shape index (κ1) is 21.5. The van der Waals surface area contributed by atoms with Gasteiger partial charge in [-0.3, -0.25) is 0 Å². The molecule has 3 aromatic rings. The number of methoxy groups -OCH3 is 2. The van der Waals surface area contributed by atoms with Gasteiger partial charge >= 0.3 is 0 Å². The third kappa shape index (κ3) is 3.98. The summed E-state index contributed by atoms with van der Waals surface area (Å²) in [7, 11) is 3.26. The fourth-order valence-electron chi connectivity index (χ4n) is 5.43. The van der Waals surface area contributed by atoms with Crippen molar-refractivity contribution in [2.75, 3.05) is 20.8 Å². The topological polar surface area (TPSA) is 49.3 Å². The average Bonchev–Trinajstić information content (AvgIpc) is 3.28. The number of oxime groups is 1. The number of benzene rings is 3. The van der Waals surface area contributed by atoms with Gasteiger partial charge in [0.1, 0.15) is 11.5 Å². The van der Waals surface area contributed by atoms with Crippen molar-refractivity contribution in [3.05, 3.63) is 95.6 Å². The van der Waals surface area contributed by atoms with E-state index < -0.39 is 0 Å². The second-order valence-electron chi connectivity index (χ2n) is 8.90. The smallest absolute Gasteiger partial charge is 0.153 e. The summed E-state index contributed by atoms with van der Waals surface area (Å²) in [5, 5.41) is 4.25. The molecule has 2 aliphatic rings. The van der Waals surface area contributed by atoms with Crippen LogP contribution in [0.25, 0.3) is 0 Å². The quantitative estimate of drug-likeness (QED) is 0.364. The maximum atomic E-state index is 6.33. The number of nitrogens with zero attached hydrogens (tertiary/aromatic N) is 1. The van der Waals surface area contributed by atoms with Gasteiger partial charge in [-0.1, -0.05) is 71.9 Å². The van der Waals surface area contributed by atoms with Crippen molar-refractivity contribution in [2.24, 2.45) is 5.16 Å². The van der Waals surface area contributed by atoms with Gasteiger partial charge in [0.05, 0.1) is 38.2 Å². The zero-order valence-corrected chi connectivity index (χ0v) is 19.1. The molecule has 5 heteroatoms. The highest BCUT2D eigenvalue weighted by molar-refractivity contribution is 5.87. The molecule has 1 spiro atoms. The molecule has 1 aliphatic heterocycles. The molecular weight excluding hydrogens is 414 g/mol. The highest BCUT2D eigenvalue weighted by Crippen LogP contribution is 2.59. The van der Waals surface area contributed by atoms with Crippen LogP contribution in [0.2, 0.25) is 0 Å². The zero-order chi connectivity index (χ0) is 22.7. The highest BCUT2D eigenvalue weighted by Gasteiger charge is 2.60. The summed E-state index contributed by atoms with van der Waals surface area (Å²) >= 11 is 0. The predicted molar refractivity (Wildman–Crippen MR) is 128 cm³/mol. The molecule has 1 atom stereocenters. The lowest BCUT2D eigenvalue weighted by molar-refractivity contribution is -0.0942. The Kier molecular flexibility index (Phi) is 5.81. The van der Waals surface area contributed by atoms with Crippen molar-refractivity contribution in [1.82, 2.24) is 0 Å². The predicted octanol–water partition coefficient (Wildman–Crippen LogP) is 5.36. The van der Waals surface area contributed by atoms with E-state index in [0.29, 0.717) is 18.1 Å². The van der Waals surface area contributed by atoms with Crippen LogP contribution in [0.1, 0.15) is 36.0 Å². The fraction of sp³-hybridized carbons (Fsp3) is 0.321. The van der Waals surface area contributed by atoms with E-state index in [1.165, 1.54) is 11.1 Å². The Labute approximate surface area is 194 Å². The largest absolute Gasteiger partial charge is 0.496 e. The lowest BCUT2D eigenvalue weighted by Gasteiger charge is -2.54. The molecule has 33 heavy (non-hydrogen) atoms. The molecule has 0 N–H and O–H groups in total. The Bertz CT molecular complexity index is 1040. The summed E-state index contributed by atoms with van der Waals surface area (Å²) in [6.45, 7) is 0.542. The molecule has 1 heterocycles. The van der Waals surface area contributed by atoms with Gasteiger partial charge in [-0.2, -0.15) is 0 Å². The highest BCUT2D eigenvalue weighted by atomic mass is 16.7. The molecule has 3 aromatic carbocycles. The van der Waals surface area contributed by atoms with Crippen LogP contribution in [0, 0.1) is 0 Å². The van der Waals surface area contributed by atoms with E-state index in [1.807, 2.05) is 18.2 Å². The lowest BCUT2D eigenvalue weighted by atomic mass is 9.52. The van der Waals surface area contributed by atoms with Crippen molar-refractivity contribution >= 4 is 6.21 Å². The Balaban J connectivity index is 1.29. The van der Waals surface area contributed by atoms with Gasteiger partial charge in [0.2, 0.25) is 0 Å². The maximum Gasteiger partial charge on any atom is 0.153 e. The third-order valence-electron chi connectivity index (χ3n) is 6.93. The normalized spacial score (nSPS) is 20.5. The van der Waals surface area contributed by atoms with Gasteiger partial charge < -0.3 is 19.0 Å². The molecule has 1 saturated heterocycles. The number of ether oxygens (including phenoxy) is 3. The second-order valence-corrected chi connectivity index (χ2v) is 8.90. The molecular formula is C28H29NO4. The monoisotopic (exact) mass is 443 g/mol. The van der Waals surface area contributed by atoms with E-state index in [-0.39, 0.29) is 17.1 Å². The van der Waals surface area contributed by atoms with Gasteiger partial charge in [0, 0.05) is 11.8 Å². The number of rotatable bonds is 7. The Morgan fingerprint density at radius 1 is 0.818 bits per heavy atom. The van der Waals surface area contributed by atoms with Crippen LogP contribution in [0.5, 0.6) is 11.5 Å². The molecule has 0 radical (unpaired) electrons. The molecule has 0 bridgehead atoms. The maximum absolute atomic E-state index is 6.33. The molecule has 5 rings (SSSR count). The molecule has 170 valence electrons. The molecule has 0 unspecified atom stereocenters. The van der Waals surface area contributed by atoms with E-state index >= 15 is 0 Å². The van der Waals surface area contributed by atoms with Crippen LogP contribution in [-0.4, -0.2) is 38.7 Å². The first-order valence-electron chi connectivity index (χ1n) is 11.3. The number of hydrogen-bond donors (Lipinski definition) is 0. The standard InChI is InChI=1S/C28H29NO4/c1-30-25-14-9-15-26(31-2)24(25)17-29-33-23-16-27(32-18-23)19-28(20-27,21-10-5-3-6-11-21)22-12-7-4-8-13-22/h3-15,17,23H,16,18-20H2,1-2H3/b29-17+/t23-/m0/s1. The molecule has 0 amide bonds. The Morgan fingerprint density at radius 3 is 1.94 bits per heavy atom. The SMILES string of the molecule is COc1cccc(OC)c1/C=N/O[C@@H]1COC2(C1)CC(c1ccccc1)(c1ccccc1)C2. The van der Waals surface area contributed by atoms with Crippen molar-refractivity contribution in [2.45, 2.75) is 36.4 Å². The van der Waals surface area contributed by atoms with Crippen LogP contribution in [0.15, 0.2) is 84.0 Å². The van der Waals surface area contributed by atoms with Crippen LogP contribution < -0.4 is 9.47 Å². The fourth-order valence-corrected chi connectivity index (χ4v) is 5.43. The van der Waals surface area contributed by atoms with Crippen molar-refractivity contribution < 1.29 is 19.0 Å². The van der Waals surface area contributed by atoms with Crippen molar-refractivity contribution in [3.8, 4) is 11.5 Å². The Hall–Kier alpha value is -3.31.